The largest absolute Gasteiger partial charge is 0.323 e. The van der Waals surface area contributed by atoms with Gasteiger partial charge in [-0.25, -0.2) is 0 Å². The third-order valence-corrected chi connectivity index (χ3v) is 3.99. The van der Waals surface area contributed by atoms with Crippen LogP contribution in [0.5, 0.6) is 0 Å². The Morgan fingerprint density at radius 2 is 1.57 bits per heavy atom. The van der Waals surface area contributed by atoms with Crippen LogP contribution in [0.4, 0.5) is 17.1 Å². The number of fused-ring (bicyclic) bond motifs is 3. The molecule has 0 bridgehead atoms. The van der Waals surface area contributed by atoms with Crippen LogP contribution in [0.25, 0.3) is 10.8 Å². The van der Waals surface area contributed by atoms with E-state index in [0.717, 1.165) is 16.5 Å². The molecule has 4 nitrogen and oxygen atoms in total. The van der Waals surface area contributed by atoms with Gasteiger partial charge in [-0.15, -0.1) is 0 Å². The molecule has 0 spiro atoms. The first-order valence-corrected chi connectivity index (χ1v) is 7.43. The molecule has 0 aliphatic carbocycles. The molecule has 0 saturated heterocycles. The number of nitrogens with zero attached hydrogens (tertiary/aromatic N) is 1. The summed E-state index contributed by atoms with van der Waals surface area (Å²) in [4.78, 5) is 26.3. The van der Waals surface area contributed by atoms with Crippen molar-refractivity contribution in [2.75, 3.05) is 10.2 Å². The average Bonchev–Trinajstić information content (AvgIpc) is 2.70. The fourth-order valence-electron chi connectivity index (χ4n) is 2.97. The normalized spacial score (nSPS) is 14.3. The predicted molar refractivity (Wildman–Crippen MR) is 90.8 cm³/mol. The lowest BCUT2D eigenvalue weighted by molar-refractivity contribution is -0.124. The second-order valence-electron chi connectivity index (χ2n) is 5.47. The quantitative estimate of drug-likeness (QED) is 0.694. The van der Waals surface area contributed by atoms with Crippen LogP contribution in [0.3, 0.4) is 0 Å². The molecule has 0 atom stereocenters. The molecule has 0 unspecified atom stereocenters. The molecule has 3 aromatic rings. The zero-order valence-corrected chi connectivity index (χ0v) is 12.3. The number of nitrogens with one attached hydrogen (secondary N) is 1. The van der Waals surface area contributed by atoms with Gasteiger partial charge in [-0.2, -0.15) is 0 Å². The zero-order chi connectivity index (χ0) is 15.8. The van der Waals surface area contributed by atoms with Crippen molar-refractivity contribution in [1.82, 2.24) is 0 Å². The number of para-hydroxylation sites is 1. The lowest BCUT2D eigenvalue weighted by atomic mass is 10.1. The maximum Gasteiger partial charge on any atom is 0.241 e. The van der Waals surface area contributed by atoms with Gasteiger partial charge in [0.25, 0.3) is 0 Å². The number of hydrogen-bond donors (Lipinski definition) is 1. The van der Waals surface area contributed by atoms with Gasteiger partial charge in [0.05, 0.1) is 11.4 Å². The van der Waals surface area contributed by atoms with Crippen LogP contribution in [0.2, 0.25) is 0 Å². The Morgan fingerprint density at radius 1 is 0.826 bits per heavy atom. The summed E-state index contributed by atoms with van der Waals surface area (Å²) in [5.41, 5.74) is 2.14. The van der Waals surface area contributed by atoms with Gasteiger partial charge in [0.15, 0.2) is 0 Å². The third-order valence-electron chi connectivity index (χ3n) is 3.99. The van der Waals surface area contributed by atoms with E-state index in [1.54, 1.807) is 4.90 Å². The summed E-state index contributed by atoms with van der Waals surface area (Å²) in [6.07, 6.45) is -0.169. The van der Waals surface area contributed by atoms with E-state index < -0.39 is 0 Å². The fraction of sp³-hybridized carbons (Fsp3) is 0.0526. The summed E-state index contributed by atoms with van der Waals surface area (Å²) < 4.78 is 0. The predicted octanol–water partition coefficient (Wildman–Crippen LogP) is 3.85. The molecular weight excluding hydrogens is 288 g/mol. The first-order valence-electron chi connectivity index (χ1n) is 7.43. The number of hydrogen-bond acceptors (Lipinski definition) is 2. The molecule has 2 amide bonds. The number of carbonyl (C=O) groups excluding carboxylic acids is 2. The van der Waals surface area contributed by atoms with E-state index in [4.69, 9.17) is 0 Å². The van der Waals surface area contributed by atoms with Crippen LogP contribution < -0.4 is 10.2 Å². The number of carbonyl (C=O) groups is 2. The van der Waals surface area contributed by atoms with Crippen LogP contribution in [-0.4, -0.2) is 11.8 Å². The minimum absolute atomic E-state index is 0.169. The van der Waals surface area contributed by atoms with Gasteiger partial charge >= 0.3 is 0 Å². The van der Waals surface area contributed by atoms with Crippen LogP contribution in [0.15, 0.2) is 66.7 Å². The molecule has 4 rings (SSSR count). The van der Waals surface area contributed by atoms with Crippen molar-refractivity contribution in [3.63, 3.8) is 0 Å². The van der Waals surface area contributed by atoms with Gasteiger partial charge in [-0.05, 0) is 23.6 Å². The Balaban J connectivity index is 2.01. The van der Waals surface area contributed by atoms with Gasteiger partial charge in [0.1, 0.15) is 6.42 Å². The van der Waals surface area contributed by atoms with Crippen LogP contribution in [0.1, 0.15) is 6.42 Å². The lowest BCUT2D eigenvalue weighted by Crippen LogP contribution is -2.26. The Kier molecular flexibility index (Phi) is 3.08. The van der Waals surface area contributed by atoms with E-state index in [1.807, 2.05) is 66.7 Å². The first kappa shape index (κ1) is 13.5. The van der Waals surface area contributed by atoms with Gasteiger partial charge in [-0.1, -0.05) is 48.5 Å². The molecule has 1 aliphatic rings. The molecular formula is C19H14N2O2. The standard InChI is InChI=1S/C19H14N2O2/c22-17-12-18(23)21(14-7-2-1-3-8-14)16-11-10-13-6-4-5-9-15(13)19(16)20-17/h1-11H,12H2,(H,20,22). The van der Waals surface area contributed by atoms with Crippen molar-refractivity contribution in [3.05, 3.63) is 66.7 Å². The molecule has 1 aliphatic heterocycles. The number of amides is 2. The summed E-state index contributed by atoms with van der Waals surface area (Å²) in [5.74, 6) is -0.520. The average molecular weight is 302 g/mol. The topological polar surface area (TPSA) is 49.4 Å². The molecule has 23 heavy (non-hydrogen) atoms. The van der Waals surface area contributed by atoms with E-state index in [9.17, 15) is 9.59 Å². The highest BCUT2D eigenvalue weighted by atomic mass is 16.2. The molecule has 1 heterocycles. The minimum Gasteiger partial charge on any atom is -0.323 e. The van der Waals surface area contributed by atoms with Crippen LogP contribution >= 0.6 is 0 Å². The van der Waals surface area contributed by atoms with Crippen LogP contribution in [0, 0.1) is 0 Å². The number of rotatable bonds is 1. The second kappa shape index (κ2) is 5.25. The van der Waals surface area contributed by atoms with E-state index in [2.05, 4.69) is 5.32 Å². The minimum atomic E-state index is -0.286. The summed E-state index contributed by atoms with van der Waals surface area (Å²) in [5, 5.41) is 4.84. The van der Waals surface area contributed by atoms with Gasteiger partial charge in [0.2, 0.25) is 11.8 Å². The molecule has 3 aromatic carbocycles. The van der Waals surface area contributed by atoms with Crippen molar-refractivity contribution < 1.29 is 9.59 Å². The smallest absolute Gasteiger partial charge is 0.241 e. The van der Waals surface area contributed by atoms with E-state index in [-0.39, 0.29) is 18.2 Å². The summed E-state index contributed by atoms with van der Waals surface area (Å²) >= 11 is 0. The van der Waals surface area contributed by atoms with Crippen molar-refractivity contribution in [2.45, 2.75) is 6.42 Å². The molecule has 1 N–H and O–H groups in total. The van der Waals surface area contributed by atoms with Crippen molar-refractivity contribution in [2.24, 2.45) is 0 Å². The van der Waals surface area contributed by atoms with E-state index >= 15 is 0 Å². The van der Waals surface area contributed by atoms with Gasteiger partial charge < -0.3 is 5.32 Å². The Labute approximate surface area is 133 Å². The second-order valence-corrected chi connectivity index (χ2v) is 5.47. The highest BCUT2D eigenvalue weighted by molar-refractivity contribution is 6.21. The maximum atomic E-state index is 12.6. The summed E-state index contributed by atoms with van der Waals surface area (Å²) in [6.45, 7) is 0. The molecule has 0 aromatic heterocycles. The Bertz CT molecular complexity index is 919. The lowest BCUT2D eigenvalue weighted by Gasteiger charge is -2.23. The van der Waals surface area contributed by atoms with E-state index in [0.29, 0.717) is 11.4 Å². The van der Waals surface area contributed by atoms with E-state index in [1.165, 1.54) is 0 Å². The van der Waals surface area contributed by atoms with Gasteiger partial charge in [0, 0.05) is 11.1 Å². The highest BCUT2D eigenvalue weighted by Gasteiger charge is 2.28. The fourth-order valence-corrected chi connectivity index (χ4v) is 2.97. The van der Waals surface area contributed by atoms with Crippen LogP contribution in [-0.2, 0) is 9.59 Å². The first-order chi connectivity index (χ1) is 11.2. The maximum absolute atomic E-state index is 12.6. The molecule has 0 radical (unpaired) electrons. The molecule has 0 saturated carbocycles. The van der Waals surface area contributed by atoms with Crippen molar-refractivity contribution in [1.29, 1.82) is 0 Å². The SMILES string of the molecule is O=C1CC(=O)N(c2ccccc2)c2ccc3ccccc3c2N1. The highest BCUT2D eigenvalue weighted by Crippen LogP contribution is 2.39. The summed E-state index contributed by atoms with van der Waals surface area (Å²) in [6, 6.07) is 21.1. The summed E-state index contributed by atoms with van der Waals surface area (Å²) in [7, 11) is 0. The number of anilines is 3. The Morgan fingerprint density at radius 3 is 2.39 bits per heavy atom. The molecule has 0 fully saturated rings. The van der Waals surface area contributed by atoms with Crippen molar-refractivity contribution in [3.8, 4) is 0 Å². The zero-order valence-electron chi connectivity index (χ0n) is 12.3. The van der Waals surface area contributed by atoms with Crippen molar-refractivity contribution >= 4 is 39.6 Å². The number of benzene rings is 3. The molecule has 4 heteroatoms. The third kappa shape index (κ3) is 2.25. The monoisotopic (exact) mass is 302 g/mol. The van der Waals surface area contributed by atoms with Gasteiger partial charge in [-0.3, -0.25) is 14.5 Å². The Hall–Kier alpha value is -3.14. The molecule has 112 valence electrons.